The summed E-state index contributed by atoms with van der Waals surface area (Å²) in [4.78, 5) is 38.7. The Hall–Kier alpha value is -3.26. The number of carbonyl (C=O) groups excluding carboxylic acids is 3. The Labute approximate surface area is 174 Å². The summed E-state index contributed by atoms with van der Waals surface area (Å²) in [5, 5.41) is 5.51. The van der Waals surface area contributed by atoms with Crippen molar-refractivity contribution in [2.75, 3.05) is 48.3 Å². The second-order valence-corrected chi connectivity index (χ2v) is 7.29. The van der Waals surface area contributed by atoms with Crippen LogP contribution in [0.4, 0.5) is 21.5 Å². The van der Waals surface area contributed by atoms with Gasteiger partial charge in [0.15, 0.2) is 5.78 Å². The summed E-state index contributed by atoms with van der Waals surface area (Å²) in [6, 6.07) is 11.5. The summed E-state index contributed by atoms with van der Waals surface area (Å²) in [7, 11) is 0. The molecule has 1 fully saturated rings. The number of nitrogens with one attached hydrogen (secondary N) is 2. The predicted molar refractivity (Wildman–Crippen MR) is 114 cm³/mol. The van der Waals surface area contributed by atoms with Gasteiger partial charge in [-0.25, -0.2) is 4.39 Å². The Morgan fingerprint density at radius 1 is 0.900 bits per heavy atom. The fourth-order valence-electron chi connectivity index (χ4n) is 3.37. The highest BCUT2D eigenvalue weighted by Gasteiger charge is 2.21. The monoisotopic (exact) mass is 412 g/mol. The largest absolute Gasteiger partial charge is 0.367 e. The van der Waals surface area contributed by atoms with Gasteiger partial charge >= 0.3 is 0 Å². The van der Waals surface area contributed by atoms with E-state index in [1.165, 1.54) is 19.9 Å². The number of benzene rings is 2. The number of nitrogens with zero attached hydrogens (tertiary/aromatic N) is 2. The van der Waals surface area contributed by atoms with E-state index >= 15 is 0 Å². The van der Waals surface area contributed by atoms with Gasteiger partial charge in [0, 0.05) is 50.0 Å². The fraction of sp³-hybridized carbons (Fsp3) is 0.318. The van der Waals surface area contributed by atoms with E-state index in [4.69, 9.17) is 0 Å². The number of carbonyl (C=O) groups is 3. The quantitative estimate of drug-likeness (QED) is 0.713. The van der Waals surface area contributed by atoms with Crippen LogP contribution in [0.1, 0.15) is 24.2 Å². The lowest BCUT2D eigenvalue weighted by atomic mass is 10.1. The molecule has 0 radical (unpaired) electrons. The van der Waals surface area contributed by atoms with Crippen molar-refractivity contribution in [3.05, 3.63) is 53.8 Å². The van der Waals surface area contributed by atoms with Gasteiger partial charge in [-0.1, -0.05) is 0 Å². The van der Waals surface area contributed by atoms with Crippen LogP contribution in [0.15, 0.2) is 42.5 Å². The normalized spacial score (nSPS) is 14.3. The molecule has 1 heterocycles. The SMILES string of the molecule is CC(=O)Nc1ccc(NC(=O)CN2CCN(c3ccc(C(C)=O)cc3F)CC2)cc1. The maximum atomic E-state index is 14.3. The van der Waals surface area contributed by atoms with Gasteiger partial charge in [-0.15, -0.1) is 0 Å². The molecule has 0 aliphatic carbocycles. The molecule has 158 valence electrons. The molecule has 0 spiro atoms. The molecular formula is C22H25FN4O3. The molecule has 2 amide bonds. The maximum absolute atomic E-state index is 14.3. The van der Waals surface area contributed by atoms with Gasteiger partial charge in [0.25, 0.3) is 0 Å². The molecule has 0 unspecified atom stereocenters. The standard InChI is InChI=1S/C22H25FN4O3/c1-15(28)17-3-8-21(20(23)13-17)27-11-9-26(10-12-27)14-22(30)25-19-6-4-18(5-7-19)24-16(2)29/h3-8,13H,9-12,14H2,1-2H3,(H,24,29)(H,25,30). The first-order chi connectivity index (χ1) is 14.3. The van der Waals surface area contributed by atoms with Crippen molar-refractivity contribution in [3.8, 4) is 0 Å². The molecule has 0 bridgehead atoms. The number of hydrogen-bond donors (Lipinski definition) is 2. The van der Waals surface area contributed by atoms with Gasteiger partial charge in [-0.05, 0) is 49.4 Å². The van der Waals surface area contributed by atoms with Crippen molar-refractivity contribution in [2.24, 2.45) is 0 Å². The lowest BCUT2D eigenvalue weighted by Crippen LogP contribution is -2.48. The minimum Gasteiger partial charge on any atom is -0.367 e. The van der Waals surface area contributed by atoms with Crippen molar-refractivity contribution in [2.45, 2.75) is 13.8 Å². The smallest absolute Gasteiger partial charge is 0.238 e. The van der Waals surface area contributed by atoms with Crippen molar-refractivity contribution < 1.29 is 18.8 Å². The molecule has 2 N–H and O–H groups in total. The summed E-state index contributed by atoms with van der Waals surface area (Å²) >= 11 is 0. The van der Waals surface area contributed by atoms with E-state index < -0.39 is 5.82 Å². The van der Waals surface area contributed by atoms with Gasteiger partial charge in [-0.3, -0.25) is 19.3 Å². The number of amides is 2. The summed E-state index contributed by atoms with van der Waals surface area (Å²) in [6.07, 6.45) is 0. The molecule has 1 aliphatic rings. The topological polar surface area (TPSA) is 81.8 Å². The van der Waals surface area contributed by atoms with Crippen molar-refractivity contribution in [1.29, 1.82) is 0 Å². The molecule has 2 aromatic carbocycles. The molecule has 1 saturated heterocycles. The van der Waals surface area contributed by atoms with Crippen molar-refractivity contribution in [3.63, 3.8) is 0 Å². The van der Waals surface area contributed by atoms with Crippen LogP contribution in [0.5, 0.6) is 0 Å². The van der Waals surface area contributed by atoms with E-state index in [2.05, 4.69) is 10.6 Å². The van der Waals surface area contributed by atoms with E-state index in [-0.39, 0.29) is 24.1 Å². The minimum absolute atomic E-state index is 0.132. The first-order valence-electron chi connectivity index (χ1n) is 9.77. The van der Waals surface area contributed by atoms with Crippen molar-refractivity contribution >= 4 is 34.7 Å². The lowest BCUT2D eigenvalue weighted by molar-refractivity contribution is -0.117. The van der Waals surface area contributed by atoms with Crippen molar-refractivity contribution in [1.82, 2.24) is 4.90 Å². The third-order valence-corrected chi connectivity index (χ3v) is 4.92. The lowest BCUT2D eigenvalue weighted by Gasteiger charge is -2.35. The first-order valence-corrected chi connectivity index (χ1v) is 9.77. The fourth-order valence-corrected chi connectivity index (χ4v) is 3.37. The Kier molecular flexibility index (Phi) is 6.79. The summed E-state index contributed by atoms with van der Waals surface area (Å²) in [5.74, 6) is -0.856. The molecule has 2 aromatic rings. The second kappa shape index (κ2) is 9.49. The average Bonchev–Trinajstić information content (AvgIpc) is 2.69. The number of Topliss-reactive ketones (excluding diaryl/α,β-unsaturated/α-hetero) is 1. The zero-order valence-corrected chi connectivity index (χ0v) is 17.1. The molecule has 1 aliphatic heterocycles. The summed E-state index contributed by atoms with van der Waals surface area (Å²) < 4.78 is 14.3. The van der Waals surface area contributed by atoms with Crippen LogP contribution in [-0.2, 0) is 9.59 Å². The summed E-state index contributed by atoms with van der Waals surface area (Å²) in [5.41, 5.74) is 2.15. The number of halogens is 1. The molecular weight excluding hydrogens is 387 g/mol. The first kappa shape index (κ1) is 21.4. The molecule has 0 atom stereocenters. The second-order valence-electron chi connectivity index (χ2n) is 7.29. The molecule has 7 nitrogen and oxygen atoms in total. The Morgan fingerprint density at radius 3 is 2.03 bits per heavy atom. The van der Waals surface area contributed by atoms with Gasteiger partial charge in [0.2, 0.25) is 11.8 Å². The Balaban J connectivity index is 1.49. The van der Waals surface area contributed by atoms with Gasteiger partial charge in [0.05, 0.1) is 12.2 Å². The summed E-state index contributed by atoms with van der Waals surface area (Å²) in [6.45, 7) is 5.53. The van der Waals surface area contributed by atoms with Crippen LogP contribution in [0.25, 0.3) is 0 Å². The van der Waals surface area contributed by atoms with E-state index in [1.54, 1.807) is 36.4 Å². The maximum Gasteiger partial charge on any atom is 0.238 e. The third-order valence-electron chi connectivity index (χ3n) is 4.92. The van der Waals surface area contributed by atoms with Gasteiger partial charge in [-0.2, -0.15) is 0 Å². The van der Waals surface area contributed by atoms with E-state index in [9.17, 15) is 18.8 Å². The van der Waals surface area contributed by atoms with Crippen LogP contribution in [0.3, 0.4) is 0 Å². The number of ketones is 1. The van der Waals surface area contributed by atoms with Gasteiger partial charge in [0.1, 0.15) is 5.82 Å². The highest BCUT2D eigenvalue weighted by atomic mass is 19.1. The van der Waals surface area contributed by atoms with Crippen LogP contribution < -0.4 is 15.5 Å². The van der Waals surface area contributed by atoms with Crippen LogP contribution in [0.2, 0.25) is 0 Å². The van der Waals surface area contributed by atoms with Crippen LogP contribution >= 0.6 is 0 Å². The van der Waals surface area contributed by atoms with E-state index in [0.717, 1.165) is 0 Å². The minimum atomic E-state index is -0.406. The highest BCUT2D eigenvalue weighted by Crippen LogP contribution is 2.22. The van der Waals surface area contributed by atoms with Crippen LogP contribution in [-0.4, -0.2) is 55.2 Å². The number of hydrogen-bond acceptors (Lipinski definition) is 5. The molecule has 0 aromatic heterocycles. The molecule has 0 saturated carbocycles. The molecule has 30 heavy (non-hydrogen) atoms. The third kappa shape index (κ3) is 5.64. The Bertz CT molecular complexity index is 938. The van der Waals surface area contributed by atoms with E-state index in [0.29, 0.717) is 48.8 Å². The number of rotatable bonds is 6. The van der Waals surface area contributed by atoms with Gasteiger partial charge < -0.3 is 15.5 Å². The molecule has 3 rings (SSSR count). The number of anilines is 3. The van der Waals surface area contributed by atoms with Crippen LogP contribution in [0, 0.1) is 5.82 Å². The number of piperazine rings is 1. The zero-order valence-electron chi connectivity index (χ0n) is 17.1. The molecule has 8 heteroatoms. The highest BCUT2D eigenvalue weighted by molar-refractivity contribution is 5.94. The average molecular weight is 412 g/mol. The Morgan fingerprint density at radius 2 is 1.50 bits per heavy atom. The van der Waals surface area contributed by atoms with E-state index in [1.807, 2.05) is 9.80 Å². The zero-order chi connectivity index (χ0) is 21.7. The predicted octanol–water partition coefficient (Wildman–Crippen LogP) is 2.75.